The SMILES string of the molecule is Cc1cccc(C)c1NC(=O)N1CCCC(N(C)C)C1C(=O)OCc1ccccc1. The number of carbonyl (C=O) groups excluding carboxylic acids is 2. The average molecular weight is 410 g/mol. The zero-order chi connectivity index (χ0) is 21.7. The number of aryl methyl sites for hydroxylation is 2. The summed E-state index contributed by atoms with van der Waals surface area (Å²) < 4.78 is 5.64. The lowest BCUT2D eigenvalue weighted by Crippen LogP contribution is -2.60. The highest BCUT2D eigenvalue weighted by atomic mass is 16.5. The fourth-order valence-electron chi connectivity index (χ4n) is 4.03. The van der Waals surface area contributed by atoms with Crippen molar-refractivity contribution in [2.75, 3.05) is 26.0 Å². The number of likely N-dealkylation sites (tertiary alicyclic amines) is 1. The van der Waals surface area contributed by atoms with E-state index >= 15 is 0 Å². The number of amides is 2. The van der Waals surface area contributed by atoms with Crippen LogP contribution >= 0.6 is 0 Å². The molecule has 0 radical (unpaired) electrons. The van der Waals surface area contributed by atoms with Gasteiger partial charge in [0.25, 0.3) is 0 Å². The van der Waals surface area contributed by atoms with E-state index in [2.05, 4.69) is 5.32 Å². The number of ether oxygens (including phenoxy) is 1. The molecule has 2 aromatic carbocycles. The lowest BCUT2D eigenvalue weighted by atomic mass is 9.95. The van der Waals surface area contributed by atoms with Crippen molar-refractivity contribution in [2.24, 2.45) is 0 Å². The third-order valence-electron chi connectivity index (χ3n) is 5.70. The first-order chi connectivity index (χ1) is 14.4. The van der Waals surface area contributed by atoms with Crippen molar-refractivity contribution in [3.8, 4) is 0 Å². The van der Waals surface area contributed by atoms with Gasteiger partial charge in [-0.25, -0.2) is 9.59 Å². The summed E-state index contributed by atoms with van der Waals surface area (Å²) >= 11 is 0. The first-order valence-corrected chi connectivity index (χ1v) is 10.4. The summed E-state index contributed by atoms with van der Waals surface area (Å²) in [7, 11) is 3.88. The van der Waals surface area contributed by atoms with Crippen molar-refractivity contribution in [2.45, 2.75) is 45.4 Å². The average Bonchev–Trinajstić information content (AvgIpc) is 2.74. The molecule has 2 atom stereocenters. The zero-order valence-electron chi connectivity index (χ0n) is 18.2. The van der Waals surface area contributed by atoms with Crippen LogP contribution in [-0.4, -0.2) is 54.5 Å². The highest BCUT2D eigenvalue weighted by molar-refractivity contribution is 5.94. The predicted molar refractivity (Wildman–Crippen MR) is 118 cm³/mol. The number of anilines is 1. The number of hydrogen-bond donors (Lipinski definition) is 1. The Morgan fingerprint density at radius 1 is 1.07 bits per heavy atom. The quantitative estimate of drug-likeness (QED) is 0.759. The van der Waals surface area contributed by atoms with Crippen LogP contribution < -0.4 is 5.32 Å². The van der Waals surface area contributed by atoms with E-state index in [4.69, 9.17) is 4.74 Å². The van der Waals surface area contributed by atoms with Gasteiger partial charge in [0.05, 0.1) is 0 Å². The highest BCUT2D eigenvalue weighted by Gasteiger charge is 2.41. The van der Waals surface area contributed by atoms with Gasteiger partial charge in [-0.3, -0.25) is 0 Å². The number of benzene rings is 2. The second-order valence-corrected chi connectivity index (χ2v) is 8.10. The molecule has 0 aromatic heterocycles. The van der Waals surface area contributed by atoms with Crippen LogP contribution in [0.2, 0.25) is 0 Å². The van der Waals surface area contributed by atoms with Gasteiger partial charge >= 0.3 is 12.0 Å². The first-order valence-electron chi connectivity index (χ1n) is 10.4. The summed E-state index contributed by atoms with van der Waals surface area (Å²) in [5.41, 5.74) is 3.71. The Morgan fingerprint density at radius 2 is 1.73 bits per heavy atom. The van der Waals surface area contributed by atoms with Crippen molar-refractivity contribution in [1.29, 1.82) is 0 Å². The van der Waals surface area contributed by atoms with Gasteiger partial charge in [-0.05, 0) is 57.5 Å². The van der Waals surface area contributed by atoms with Crippen LogP contribution in [0, 0.1) is 13.8 Å². The van der Waals surface area contributed by atoms with E-state index in [1.165, 1.54) is 0 Å². The maximum absolute atomic E-state index is 13.2. The monoisotopic (exact) mass is 409 g/mol. The van der Waals surface area contributed by atoms with E-state index in [1.807, 2.05) is 81.4 Å². The zero-order valence-corrected chi connectivity index (χ0v) is 18.2. The Labute approximate surface area is 178 Å². The molecule has 1 aliphatic rings. The maximum Gasteiger partial charge on any atom is 0.330 e. The summed E-state index contributed by atoms with van der Waals surface area (Å²) in [5.74, 6) is -0.367. The number of esters is 1. The molecule has 0 spiro atoms. The number of carbonyl (C=O) groups is 2. The topological polar surface area (TPSA) is 61.9 Å². The van der Waals surface area contributed by atoms with Gasteiger partial charge in [0, 0.05) is 18.3 Å². The van der Waals surface area contributed by atoms with E-state index in [0.717, 1.165) is 35.2 Å². The molecular weight excluding hydrogens is 378 g/mol. The molecule has 1 aliphatic heterocycles. The fourth-order valence-corrected chi connectivity index (χ4v) is 4.03. The molecule has 160 valence electrons. The van der Waals surface area contributed by atoms with Gasteiger partial charge in [-0.1, -0.05) is 48.5 Å². The molecule has 1 heterocycles. The standard InChI is InChI=1S/C24H31N3O3/c1-17-10-8-11-18(2)21(17)25-24(29)27-15-9-14-20(26(3)4)22(27)23(28)30-16-19-12-6-5-7-13-19/h5-8,10-13,20,22H,9,14-16H2,1-4H3,(H,25,29). The van der Waals surface area contributed by atoms with Gasteiger partial charge in [-0.2, -0.15) is 0 Å². The van der Waals surface area contributed by atoms with E-state index < -0.39 is 6.04 Å². The lowest BCUT2D eigenvalue weighted by molar-refractivity contribution is -0.153. The molecule has 3 rings (SSSR count). The van der Waals surface area contributed by atoms with Crippen LogP contribution in [0.1, 0.15) is 29.5 Å². The van der Waals surface area contributed by atoms with Gasteiger partial charge in [0.2, 0.25) is 0 Å². The molecule has 1 N–H and O–H groups in total. The number of urea groups is 1. The van der Waals surface area contributed by atoms with Crippen molar-refractivity contribution >= 4 is 17.7 Å². The number of rotatable bonds is 5. The van der Waals surface area contributed by atoms with Crippen molar-refractivity contribution in [3.05, 3.63) is 65.2 Å². The van der Waals surface area contributed by atoms with E-state index in [1.54, 1.807) is 4.90 Å². The van der Waals surface area contributed by atoms with Crippen LogP contribution in [0.5, 0.6) is 0 Å². The minimum absolute atomic E-state index is 0.0919. The molecule has 2 unspecified atom stereocenters. The Balaban J connectivity index is 1.79. The summed E-state index contributed by atoms with van der Waals surface area (Å²) in [6, 6.07) is 14.5. The minimum atomic E-state index is -0.651. The lowest BCUT2D eigenvalue weighted by Gasteiger charge is -2.42. The van der Waals surface area contributed by atoms with Crippen LogP contribution in [0.4, 0.5) is 10.5 Å². The molecule has 6 heteroatoms. The molecule has 0 aliphatic carbocycles. The van der Waals surface area contributed by atoms with Gasteiger partial charge in [0.1, 0.15) is 12.6 Å². The molecule has 1 saturated heterocycles. The second-order valence-electron chi connectivity index (χ2n) is 8.10. The number of nitrogens with one attached hydrogen (secondary N) is 1. The largest absolute Gasteiger partial charge is 0.459 e. The number of nitrogens with zero attached hydrogens (tertiary/aromatic N) is 2. The van der Waals surface area contributed by atoms with Crippen LogP contribution in [0.25, 0.3) is 0 Å². The number of piperidine rings is 1. The minimum Gasteiger partial charge on any atom is -0.459 e. The first kappa shape index (κ1) is 21.8. The maximum atomic E-state index is 13.2. The molecule has 0 saturated carbocycles. The van der Waals surface area contributed by atoms with Gasteiger partial charge < -0.3 is 19.9 Å². The number of hydrogen-bond acceptors (Lipinski definition) is 4. The number of likely N-dealkylation sites (N-methyl/N-ethyl adjacent to an activating group) is 1. The Bertz CT molecular complexity index is 862. The smallest absolute Gasteiger partial charge is 0.330 e. The molecule has 2 aromatic rings. The molecule has 30 heavy (non-hydrogen) atoms. The van der Waals surface area contributed by atoms with Crippen LogP contribution in [0.3, 0.4) is 0 Å². The molecule has 2 amide bonds. The van der Waals surface area contributed by atoms with E-state index in [9.17, 15) is 9.59 Å². The highest BCUT2D eigenvalue weighted by Crippen LogP contribution is 2.25. The Hall–Kier alpha value is -2.86. The normalized spacial score (nSPS) is 18.9. The summed E-state index contributed by atoms with van der Waals surface area (Å²) in [6.07, 6.45) is 1.68. The summed E-state index contributed by atoms with van der Waals surface area (Å²) in [5, 5.41) is 3.03. The Kier molecular flexibility index (Phi) is 7.11. The Morgan fingerprint density at radius 3 is 2.37 bits per heavy atom. The van der Waals surface area contributed by atoms with Crippen LogP contribution in [0.15, 0.2) is 48.5 Å². The van der Waals surface area contributed by atoms with Crippen LogP contribution in [-0.2, 0) is 16.1 Å². The molecule has 0 bridgehead atoms. The van der Waals surface area contributed by atoms with Crippen molar-refractivity contribution in [1.82, 2.24) is 9.80 Å². The molecular formula is C24H31N3O3. The second kappa shape index (κ2) is 9.76. The third-order valence-corrected chi connectivity index (χ3v) is 5.70. The van der Waals surface area contributed by atoms with Gasteiger partial charge in [0.15, 0.2) is 0 Å². The van der Waals surface area contributed by atoms with E-state index in [-0.39, 0.29) is 24.6 Å². The summed E-state index contributed by atoms with van der Waals surface area (Å²) in [6.45, 7) is 4.65. The summed E-state index contributed by atoms with van der Waals surface area (Å²) in [4.78, 5) is 30.0. The van der Waals surface area contributed by atoms with E-state index in [0.29, 0.717) is 6.54 Å². The van der Waals surface area contributed by atoms with Gasteiger partial charge in [-0.15, -0.1) is 0 Å². The van der Waals surface area contributed by atoms with Crippen molar-refractivity contribution < 1.29 is 14.3 Å². The fraction of sp³-hybridized carbons (Fsp3) is 0.417. The third kappa shape index (κ3) is 5.00. The van der Waals surface area contributed by atoms with Crippen molar-refractivity contribution in [3.63, 3.8) is 0 Å². The molecule has 6 nitrogen and oxygen atoms in total. The predicted octanol–water partition coefficient (Wildman–Crippen LogP) is 3.97. The molecule has 1 fully saturated rings. The number of para-hydroxylation sites is 1.